The van der Waals surface area contributed by atoms with Crippen LogP contribution in [0.2, 0.25) is 5.15 Å². The van der Waals surface area contributed by atoms with E-state index in [-0.39, 0.29) is 5.41 Å². The Labute approximate surface area is 77.0 Å². The third-order valence-electron chi connectivity index (χ3n) is 2.32. The molecule has 0 amide bonds. The maximum Gasteiger partial charge on any atom is 0.131 e. The van der Waals surface area contributed by atoms with Gasteiger partial charge in [0, 0.05) is 29.4 Å². The molecule has 0 fully saturated rings. The molecule has 2 heterocycles. The number of nitrogens with one attached hydrogen (secondary N) is 1. The molecule has 1 aromatic heterocycles. The smallest absolute Gasteiger partial charge is 0.131 e. The minimum Gasteiger partial charge on any atom is -0.384 e. The Morgan fingerprint density at radius 1 is 1.58 bits per heavy atom. The third-order valence-corrected chi connectivity index (χ3v) is 2.53. The van der Waals surface area contributed by atoms with E-state index < -0.39 is 0 Å². The normalized spacial score (nSPS) is 18.6. The van der Waals surface area contributed by atoms with Gasteiger partial charge in [-0.3, -0.25) is 0 Å². The Kier molecular flexibility index (Phi) is 1.55. The predicted octanol–water partition coefficient (Wildman–Crippen LogP) is 2.44. The first-order valence-electron chi connectivity index (χ1n) is 3.99. The number of hydrogen-bond acceptors (Lipinski definition) is 2. The lowest BCUT2D eigenvalue weighted by Crippen LogP contribution is -2.18. The van der Waals surface area contributed by atoms with E-state index in [4.69, 9.17) is 11.6 Å². The highest BCUT2D eigenvalue weighted by molar-refractivity contribution is 6.29. The van der Waals surface area contributed by atoms with Gasteiger partial charge in [0.25, 0.3) is 0 Å². The number of fused-ring (bicyclic) bond motifs is 1. The van der Waals surface area contributed by atoms with Gasteiger partial charge in [0.15, 0.2) is 0 Å². The van der Waals surface area contributed by atoms with Crippen molar-refractivity contribution in [2.75, 3.05) is 11.9 Å². The highest BCUT2D eigenvalue weighted by Gasteiger charge is 2.29. The topological polar surface area (TPSA) is 24.9 Å². The first-order chi connectivity index (χ1) is 5.59. The van der Waals surface area contributed by atoms with Crippen LogP contribution < -0.4 is 5.32 Å². The molecule has 12 heavy (non-hydrogen) atoms. The molecule has 2 nitrogen and oxygen atoms in total. The van der Waals surface area contributed by atoms with Crippen LogP contribution in [0.1, 0.15) is 19.4 Å². The Hall–Kier alpha value is -0.760. The Morgan fingerprint density at radius 2 is 2.33 bits per heavy atom. The molecule has 1 aliphatic heterocycles. The quantitative estimate of drug-likeness (QED) is 0.624. The van der Waals surface area contributed by atoms with Crippen molar-refractivity contribution in [1.29, 1.82) is 0 Å². The van der Waals surface area contributed by atoms with Crippen LogP contribution in [0.3, 0.4) is 0 Å². The number of hydrogen-bond donors (Lipinski definition) is 1. The minimum atomic E-state index is 0.187. The maximum absolute atomic E-state index is 5.77. The van der Waals surface area contributed by atoms with Crippen molar-refractivity contribution in [3.05, 3.63) is 23.0 Å². The predicted molar refractivity (Wildman–Crippen MR) is 50.8 cm³/mol. The summed E-state index contributed by atoms with van der Waals surface area (Å²) in [7, 11) is 0. The van der Waals surface area contributed by atoms with Gasteiger partial charge in [0.05, 0.1) is 0 Å². The van der Waals surface area contributed by atoms with E-state index in [1.54, 1.807) is 0 Å². The van der Waals surface area contributed by atoms with Crippen molar-refractivity contribution < 1.29 is 0 Å². The van der Waals surface area contributed by atoms with Crippen LogP contribution in [-0.2, 0) is 5.41 Å². The van der Waals surface area contributed by atoms with Crippen molar-refractivity contribution in [3.63, 3.8) is 0 Å². The highest BCUT2D eigenvalue weighted by atomic mass is 35.5. The first-order valence-corrected chi connectivity index (χ1v) is 4.37. The van der Waals surface area contributed by atoms with Crippen LogP contribution in [0.25, 0.3) is 0 Å². The van der Waals surface area contributed by atoms with Crippen molar-refractivity contribution >= 4 is 17.3 Å². The lowest BCUT2D eigenvalue weighted by atomic mass is 9.88. The van der Waals surface area contributed by atoms with Gasteiger partial charge in [-0.2, -0.15) is 0 Å². The summed E-state index contributed by atoms with van der Waals surface area (Å²) in [4.78, 5) is 4.07. The summed E-state index contributed by atoms with van der Waals surface area (Å²) in [6.45, 7) is 5.35. The van der Waals surface area contributed by atoms with Crippen LogP contribution in [0.5, 0.6) is 0 Å². The van der Waals surface area contributed by atoms with Crippen molar-refractivity contribution in [2.45, 2.75) is 19.3 Å². The molecule has 64 valence electrons. The van der Waals surface area contributed by atoms with E-state index >= 15 is 0 Å². The second kappa shape index (κ2) is 2.36. The number of nitrogens with zero attached hydrogens (tertiary/aromatic N) is 1. The zero-order valence-electron chi connectivity index (χ0n) is 7.19. The number of aromatic nitrogens is 1. The minimum absolute atomic E-state index is 0.187. The van der Waals surface area contributed by atoms with E-state index in [1.807, 2.05) is 12.3 Å². The summed E-state index contributed by atoms with van der Waals surface area (Å²) < 4.78 is 0. The maximum atomic E-state index is 5.77. The molecular weight excluding hydrogens is 172 g/mol. The molecule has 0 atom stereocenters. The van der Waals surface area contributed by atoms with Gasteiger partial charge in [-0.1, -0.05) is 25.4 Å². The van der Waals surface area contributed by atoms with E-state index in [2.05, 4.69) is 24.1 Å². The van der Waals surface area contributed by atoms with Gasteiger partial charge in [-0.15, -0.1) is 0 Å². The summed E-state index contributed by atoms with van der Waals surface area (Å²) in [6.07, 6.45) is 1.86. The standard InChI is InChI=1S/C9H11ClN2/c1-9(2)5-12-7-3-8(10)11-4-6(7)9/h3-4,12H,5H2,1-2H3. The Morgan fingerprint density at radius 3 is 3.08 bits per heavy atom. The molecule has 0 radical (unpaired) electrons. The van der Waals surface area contributed by atoms with Crippen molar-refractivity contribution in [2.24, 2.45) is 0 Å². The van der Waals surface area contributed by atoms with E-state index in [0.717, 1.165) is 12.2 Å². The number of rotatable bonds is 0. The van der Waals surface area contributed by atoms with Crippen LogP contribution >= 0.6 is 11.6 Å². The Bertz CT molecular complexity index is 320. The summed E-state index contributed by atoms with van der Waals surface area (Å²) in [6, 6.07) is 1.88. The molecule has 0 unspecified atom stereocenters. The third kappa shape index (κ3) is 1.07. The van der Waals surface area contributed by atoms with Gasteiger partial charge >= 0.3 is 0 Å². The molecular formula is C9H11ClN2. The van der Waals surface area contributed by atoms with Crippen LogP contribution in [0, 0.1) is 0 Å². The van der Waals surface area contributed by atoms with Crippen LogP contribution in [-0.4, -0.2) is 11.5 Å². The molecule has 2 rings (SSSR count). The molecule has 1 aromatic rings. The zero-order valence-corrected chi connectivity index (χ0v) is 7.94. The van der Waals surface area contributed by atoms with Crippen LogP contribution in [0.4, 0.5) is 5.69 Å². The molecule has 1 aliphatic rings. The summed E-state index contributed by atoms with van der Waals surface area (Å²) in [5.41, 5.74) is 2.57. The van der Waals surface area contributed by atoms with E-state index in [9.17, 15) is 0 Å². The summed E-state index contributed by atoms with van der Waals surface area (Å²) in [5.74, 6) is 0. The van der Waals surface area contributed by atoms with Crippen LogP contribution in [0.15, 0.2) is 12.3 Å². The molecule has 1 N–H and O–H groups in total. The molecule has 0 saturated heterocycles. The SMILES string of the molecule is CC1(C)CNc2cc(Cl)ncc21. The van der Waals surface area contributed by atoms with Gasteiger partial charge in [0.1, 0.15) is 5.15 Å². The van der Waals surface area contributed by atoms with Gasteiger partial charge in [-0.25, -0.2) is 4.98 Å². The number of pyridine rings is 1. The molecule has 0 aromatic carbocycles. The van der Waals surface area contributed by atoms with Gasteiger partial charge in [0.2, 0.25) is 0 Å². The van der Waals surface area contributed by atoms with E-state index in [0.29, 0.717) is 5.15 Å². The average Bonchev–Trinajstić information content (AvgIpc) is 2.27. The lowest BCUT2D eigenvalue weighted by molar-refractivity contribution is 0.584. The summed E-state index contributed by atoms with van der Waals surface area (Å²) >= 11 is 5.77. The first kappa shape index (κ1) is 7.87. The molecule has 0 bridgehead atoms. The molecule has 0 spiro atoms. The fourth-order valence-electron chi connectivity index (χ4n) is 1.53. The fraction of sp³-hybridized carbons (Fsp3) is 0.444. The lowest BCUT2D eigenvalue weighted by Gasteiger charge is -2.15. The fourth-order valence-corrected chi connectivity index (χ4v) is 1.68. The number of halogens is 1. The highest BCUT2D eigenvalue weighted by Crippen LogP contribution is 2.36. The molecule has 0 saturated carbocycles. The molecule has 0 aliphatic carbocycles. The van der Waals surface area contributed by atoms with Crippen molar-refractivity contribution in [1.82, 2.24) is 4.98 Å². The van der Waals surface area contributed by atoms with Crippen molar-refractivity contribution in [3.8, 4) is 0 Å². The summed E-state index contributed by atoms with van der Waals surface area (Å²) in [5, 5.41) is 3.86. The number of anilines is 1. The largest absolute Gasteiger partial charge is 0.384 e. The van der Waals surface area contributed by atoms with Gasteiger partial charge < -0.3 is 5.32 Å². The molecule has 3 heteroatoms. The van der Waals surface area contributed by atoms with Gasteiger partial charge in [-0.05, 0) is 6.07 Å². The second-order valence-electron chi connectivity index (χ2n) is 3.79. The van der Waals surface area contributed by atoms with E-state index in [1.165, 1.54) is 5.56 Å². The zero-order chi connectivity index (χ0) is 8.77. The average molecular weight is 183 g/mol. The monoisotopic (exact) mass is 182 g/mol. The second-order valence-corrected chi connectivity index (χ2v) is 4.18. The Balaban J connectivity index is 2.55.